The first-order valence-electron chi connectivity index (χ1n) is 39.6. The fraction of sp³-hybridized carbons (Fsp3) is 0. The van der Waals surface area contributed by atoms with Gasteiger partial charge in [0.15, 0.2) is 0 Å². The van der Waals surface area contributed by atoms with Gasteiger partial charge in [0.1, 0.15) is 295 Å². The van der Waals surface area contributed by atoms with Crippen molar-refractivity contribution in [3.63, 3.8) is 0 Å². The zero-order valence-corrected chi connectivity index (χ0v) is 68.7. The maximum Gasteiger partial charge on any atom is 0.134 e. The lowest BCUT2D eigenvalue weighted by Crippen LogP contribution is -1.95. The van der Waals surface area contributed by atoms with Crippen molar-refractivity contribution in [3.8, 4) is 184 Å². The minimum absolute atomic E-state index is 0.285. The summed E-state index contributed by atoms with van der Waals surface area (Å²) >= 11 is 0. The molecular weight excluding hydrogens is 1840 g/mol. The van der Waals surface area contributed by atoms with Gasteiger partial charge in [0.25, 0.3) is 0 Å². The van der Waals surface area contributed by atoms with Crippen LogP contribution >= 0.6 is 0 Å². The molecule has 17 aromatic rings. The molecule has 0 unspecified atom stereocenters. The summed E-state index contributed by atoms with van der Waals surface area (Å²) < 4.78 is 380. The second-order valence-electron chi connectivity index (χ2n) is 29.2. The lowest BCUT2D eigenvalue weighted by Gasteiger charge is -2.17. The predicted molar refractivity (Wildman–Crippen MR) is 450 cm³/mol. The fourth-order valence-electron chi connectivity index (χ4n) is 13.2. The van der Waals surface area contributed by atoms with E-state index in [0.29, 0.717) is 48.5 Å². The van der Waals surface area contributed by atoms with Crippen LogP contribution in [0.1, 0.15) is 0 Å². The number of ether oxygens (including phenoxy) is 16. The van der Waals surface area contributed by atoms with E-state index in [9.17, 15) is 61.5 Å². The standard InChI is InChI=1S/C102H51F19O16/c103-52-1-53(104)10-71(9-52)122-79-25-68(119)28-82(31-79)130-90-42-91(131-83-29-69(120)26-80(32-83)123-72-11-54(105)2-55(106)12-72)44-97(43-90)136-101-49-100(135-96-41-89(129-78-23-66(117)8-67(118)24-78)40-95(47-96)133-93-36-85(125-74-15-58(109)4-59(110)16-74)34-86(37-93)126-75-17-60(111)5-61(112)18-75)50-102(51-101)137-99-46-92(132-84-30-70(121)27-81(33-84)124-73-13-56(107)3-57(108)14-73)45-98(48-99)134-94-38-87(127-76-19-62(113)6-63(114)20-76)35-88(39-94)128-77-21-64(115)7-65(116)22-77/h1-51H. The predicted octanol–water partition coefficient (Wildman–Crippen LogP) is 33.0. The molecule has 0 amide bonds. The van der Waals surface area contributed by atoms with Crippen molar-refractivity contribution in [2.75, 3.05) is 0 Å². The molecule has 0 spiro atoms. The van der Waals surface area contributed by atoms with Gasteiger partial charge < -0.3 is 75.8 Å². The van der Waals surface area contributed by atoms with Crippen LogP contribution in [0.25, 0.3) is 0 Å². The maximum atomic E-state index is 15.9. The molecule has 0 radical (unpaired) electrons. The van der Waals surface area contributed by atoms with Gasteiger partial charge in [-0.25, -0.2) is 83.4 Å². The van der Waals surface area contributed by atoms with Crippen LogP contribution in [0.4, 0.5) is 83.4 Å². The lowest BCUT2D eigenvalue weighted by molar-refractivity contribution is 0.417. The van der Waals surface area contributed by atoms with Crippen molar-refractivity contribution in [2.24, 2.45) is 0 Å². The quantitative estimate of drug-likeness (QED) is 0.0368. The van der Waals surface area contributed by atoms with Crippen molar-refractivity contribution in [2.45, 2.75) is 0 Å². The highest BCUT2D eigenvalue weighted by Gasteiger charge is 2.23. The summed E-state index contributed by atoms with van der Waals surface area (Å²) in [4.78, 5) is 0. The fourth-order valence-corrected chi connectivity index (χ4v) is 13.2. The normalized spacial score (nSPS) is 11.0. The van der Waals surface area contributed by atoms with Gasteiger partial charge in [-0.05, 0) is 0 Å². The number of halogens is 19. The number of rotatable bonds is 32. The molecule has 0 aliphatic rings. The number of hydrogen-bond acceptors (Lipinski definition) is 16. The molecule has 0 aromatic heterocycles. The van der Waals surface area contributed by atoms with Crippen molar-refractivity contribution in [1.82, 2.24) is 0 Å². The molecule has 17 rings (SSSR count). The van der Waals surface area contributed by atoms with Crippen LogP contribution in [0.3, 0.4) is 0 Å². The zero-order valence-electron chi connectivity index (χ0n) is 68.7. The van der Waals surface area contributed by atoms with Gasteiger partial charge in [0.2, 0.25) is 0 Å². The van der Waals surface area contributed by atoms with E-state index in [-0.39, 0.29) is 138 Å². The molecule has 0 aliphatic heterocycles. The molecule has 688 valence electrons. The van der Waals surface area contributed by atoms with Gasteiger partial charge in [-0.3, -0.25) is 0 Å². The Morgan fingerprint density at radius 3 is 0.175 bits per heavy atom. The largest absolute Gasteiger partial charge is 0.457 e. The Morgan fingerprint density at radius 1 is 0.0657 bits per heavy atom. The highest BCUT2D eigenvalue weighted by molar-refractivity contribution is 5.58. The topological polar surface area (TPSA) is 148 Å². The Kier molecular flexibility index (Phi) is 26.4. The van der Waals surface area contributed by atoms with Crippen molar-refractivity contribution in [1.29, 1.82) is 0 Å². The summed E-state index contributed by atoms with van der Waals surface area (Å²) in [5.74, 6) is -31.7. The first-order valence-corrected chi connectivity index (χ1v) is 39.6. The first kappa shape index (κ1) is 91.1. The van der Waals surface area contributed by atoms with Crippen molar-refractivity contribution < 1.29 is 159 Å². The second kappa shape index (κ2) is 39.7. The summed E-state index contributed by atoms with van der Waals surface area (Å²) in [7, 11) is 0. The molecule has 0 aliphatic carbocycles. The Balaban J connectivity index is 0.808. The molecule has 0 atom stereocenters. The average molecular weight is 1890 g/mol. The summed E-state index contributed by atoms with van der Waals surface area (Å²) in [6.07, 6.45) is 0. The Labute approximate surface area is 759 Å². The summed E-state index contributed by atoms with van der Waals surface area (Å²) in [5, 5.41) is 0. The van der Waals surface area contributed by atoms with Gasteiger partial charge in [0.05, 0.1) is 0 Å². The average Bonchev–Trinajstić information content (AvgIpc) is 0.769. The van der Waals surface area contributed by atoms with Crippen LogP contribution < -0.4 is 75.8 Å². The van der Waals surface area contributed by atoms with E-state index in [0.717, 1.165) is 206 Å². The minimum atomic E-state index is -1.11. The highest BCUT2D eigenvalue weighted by atomic mass is 19.2. The van der Waals surface area contributed by atoms with E-state index >= 15 is 22.0 Å². The highest BCUT2D eigenvalue weighted by Crippen LogP contribution is 2.48. The zero-order chi connectivity index (χ0) is 95.8. The molecule has 0 saturated heterocycles. The van der Waals surface area contributed by atoms with Crippen molar-refractivity contribution in [3.05, 3.63) is 420 Å². The molecule has 0 heterocycles. The third-order valence-corrected chi connectivity index (χ3v) is 18.1. The van der Waals surface area contributed by atoms with Crippen LogP contribution in [-0.4, -0.2) is 0 Å². The third-order valence-electron chi connectivity index (χ3n) is 18.1. The minimum Gasteiger partial charge on any atom is -0.457 e. The summed E-state index contributed by atoms with van der Waals surface area (Å²) in [5.41, 5.74) is 0. The van der Waals surface area contributed by atoms with E-state index in [4.69, 9.17) is 75.8 Å². The van der Waals surface area contributed by atoms with Gasteiger partial charge in [0, 0.05) is 309 Å². The molecule has 17 aromatic carbocycles. The smallest absolute Gasteiger partial charge is 0.134 e. The van der Waals surface area contributed by atoms with E-state index in [1.165, 1.54) is 54.6 Å². The van der Waals surface area contributed by atoms with Crippen LogP contribution in [0.2, 0.25) is 0 Å². The summed E-state index contributed by atoms with van der Waals surface area (Å²) in [6, 6.07) is 46.7. The van der Waals surface area contributed by atoms with E-state index in [2.05, 4.69) is 0 Å². The van der Waals surface area contributed by atoms with E-state index in [1.807, 2.05) is 0 Å². The Hall–Kier alpha value is -17.8. The van der Waals surface area contributed by atoms with Gasteiger partial charge >= 0.3 is 0 Å². The van der Waals surface area contributed by atoms with Crippen LogP contribution in [0.5, 0.6) is 184 Å². The molecule has 137 heavy (non-hydrogen) atoms. The molecule has 16 nitrogen and oxygen atoms in total. The van der Waals surface area contributed by atoms with Gasteiger partial charge in [-0.2, -0.15) is 0 Å². The van der Waals surface area contributed by atoms with Crippen LogP contribution in [-0.2, 0) is 0 Å². The molecule has 0 fully saturated rings. The molecular formula is C102H51F19O16. The van der Waals surface area contributed by atoms with Crippen molar-refractivity contribution >= 4 is 0 Å². The molecule has 0 N–H and O–H groups in total. The van der Waals surface area contributed by atoms with Gasteiger partial charge in [-0.15, -0.1) is 0 Å². The Bertz CT molecular complexity index is 7050. The van der Waals surface area contributed by atoms with E-state index < -0.39 is 157 Å². The van der Waals surface area contributed by atoms with E-state index in [1.54, 1.807) is 0 Å². The second-order valence-corrected chi connectivity index (χ2v) is 29.2. The lowest BCUT2D eigenvalue weighted by atomic mass is 10.2. The van der Waals surface area contributed by atoms with Crippen LogP contribution in [0, 0.1) is 111 Å². The van der Waals surface area contributed by atoms with Crippen LogP contribution in [0.15, 0.2) is 309 Å². The first-order chi connectivity index (χ1) is 65.7. The summed E-state index contributed by atoms with van der Waals surface area (Å²) in [6.45, 7) is 0. The maximum absolute atomic E-state index is 15.9. The monoisotopic (exact) mass is 1890 g/mol. The van der Waals surface area contributed by atoms with Gasteiger partial charge in [-0.1, -0.05) is 0 Å². The molecule has 0 saturated carbocycles. The third kappa shape index (κ3) is 25.5. The number of benzene rings is 17. The SMILES string of the molecule is Fc1cc(F)cc(Oc2cc(F)cc(Oc3cc(Oc4cc(F)cc(Oc5cc(F)cc(F)c5)c4)cc(Oc4cc(Oc5cc(Oc6cc(F)cc(F)c6)cc(Oc6cc(Oc7cc(F)cc(F)c7)cc(Oc7cc(F)cc(F)c7)c6)c5)cc(Oc5cc(Oc6cc(F)cc(Oc7cc(F)cc(F)c7)c6)cc(Oc6cc(Oc7cc(F)cc(F)c7)cc(Oc7cc(F)cc(F)c7)c6)c5)c4)c3)c2)c1. The Morgan fingerprint density at radius 2 is 0.109 bits per heavy atom. The molecule has 35 heteroatoms. The molecule has 0 bridgehead atoms. The number of hydrogen-bond donors (Lipinski definition) is 0.